The zero-order valence-electron chi connectivity index (χ0n) is 14.6. The molecule has 1 atom stereocenters. The topological polar surface area (TPSA) is 37.2 Å². The SMILES string of the molecule is Cc1ccc2c(c1)c1cc(Br)ccc1n2CC(O)CNC1CCCC1. The van der Waals surface area contributed by atoms with Gasteiger partial charge in [-0.05, 0) is 50.1 Å². The lowest BCUT2D eigenvalue weighted by Crippen LogP contribution is -2.35. The van der Waals surface area contributed by atoms with Crippen molar-refractivity contribution in [1.82, 2.24) is 9.88 Å². The number of rotatable bonds is 5. The van der Waals surface area contributed by atoms with Crippen molar-refractivity contribution in [2.75, 3.05) is 6.54 Å². The van der Waals surface area contributed by atoms with Crippen LogP contribution >= 0.6 is 15.9 Å². The molecule has 0 bridgehead atoms. The maximum absolute atomic E-state index is 10.6. The molecule has 3 aromatic rings. The highest BCUT2D eigenvalue weighted by atomic mass is 79.9. The summed E-state index contributed by atoms with van der Waals surface area (Å²) in [6.07, 6.45) is 4.73. The number of hydrogen-bond donors (Lipinski definition) is 2. The van der Waals surface area contributed by atoms with Gasteiger partial charge in [-0.25, -0.2) is 0 Å². The molecule has 0 amide bonds. The lowest BCUT2D eigenvalue weighted by Gasteiger charge is -2.18. The number of halogens is 1. The summed E-state index contributed by atoms with van der Waals surface area (Å²) >= 11 is 3.59. The van der Waals surface area contributed by atoms with E-state index in [4.69, 9.17) is 0 Å². The molecule has 25 heavy (non-hydrogen) atoms. The van der Waals surface area contributed by atoms with Crippen LogP contribution in [0, 0.1) is 6.92 Å². The lowest BCUT2D eigenvalue weighted by atomic mass is 10.1. The molecule has 132 valence electrons. The summed E-state index contributed by atoms with van der Waals surface area (Å²) in [6, 6.07) is 13.6. The van der Waals surface area contributed by atoms with E-state index in [1.165, 1.54) is 53.1 Å². The second-order valence-corrected chi connectivity index (χ2v) is 8.25. The maximum atomic E-state index is 10.6. The van der Waals surface area contributed by atoms with E-state index in [0.717, 1.165) is 4.47 Å². The van der Waals surface area contributed by atoms with Crippen LogP contribution in [0.25, 0.3) is 21.8 Å². The van der Waals surface area contributed by atoms with Gasteiger partial charge >= 0.3 is 0 Å². The molecule has 4 heteroatoms. The van der Waals surface area contributed by atoms with Crippen LogP contribution in [0.2, 0.25) is 0 Å². The molecule has 0 spiro atoms. The Morgan fingerprint density at radius 1 is 1.12 bits per heavy atom. The number of hydrogen-bond acceptors (Lipinski definition) is 2. The number of aromatic nitrogens is 1. The molecule has 1 aromatic heterocycles. The van der Waals surface area contributed by atoms with Crippen molar-refractivity contribution in [3.05, 3.63) is 46.4 Å². The number of aliphatic hydroxyl groups is 1. The standard InChI is InChI=1S/C21H25BrN2O/c1-14-6-8-20-18(10-14)19-11-15(22)7-9-21(19)24(20)13-17(25)12-23-16-4-2-3-5-16/h6-11,16-17,23,25H,2-5,12-13H2,1H3. The van der Waals surface area contributed by atoms with Gasteiger partial charge in [-0.3, -0.25) is 0 Å². The number of aryl methyl sites for hydroxylation is 1. The van der Waals surface area contributed by atoms with Crippen molar-refractivity contribution >= 4 is 37.7 Å². The van der Waals surface area contributed by atoms with Crippen molar-refractivity contribution in [1.29, 1.82) is 0 Å². The minimum Gasteiger partial charge on any atom is -0.390 e. The quantitative estimate of drug-likeness (QED) is 0.647. The van der Waals surface area contributed by atoms with Crippen molar-refractivity contribution in [3.63, 3.8) is 0 Å². The van der Waals surface area contributed by atoms with Gasteiger partial charge < -0.3 is 15.0 Å². The third-order valence-electron chi connectivity index (χ3n) is 5.37. The van der Waals surface area contributed by atoms with Crippen LogP contribution in [0.1, 0.15) is 31.2 Å². The Labute approximate surface area is 157 Å². The van der Waals surface area contributed by atoms with Crippen molar-refractivity contribution in [2.45, 2.75) is 51.3 Å². The third-order valence-corrected chi connectivity index (χ3v) is 5.87. The summed E-state index contributed by atoms with van der Waals surface area (Å²) in [5.41, 5.74) is 3.64. The highest BCUT2D eigenvalue weighted by Crippen LogP contribution is 2.32. The van der Waals surface area contributed by atoms with E-state index >= 15 is 0 Å². The number of nitrogens with zero attached hydrogens (tertiary/aromatic N) is 1. The van der Waals surface area contributed by atoms with Gasteiger partial charge in [-0.15, -0.1) is 0 Å². The van der Waals surface area contributed by atoms with Crippen LogP contribution in [0.15, 0.2) is 40.9 Å². The number of nitrogens with one attached hydrogen (secondary N) is 1. The van der Waals surface area contributed by atoms with Gasteiger partial charge in [-0.2, -0.15) is 0 Å². The van der Waals surface area contributed by atoms with Crippen LogP contribution in [0.3, 0.4) is 0 Å². The lowest BCUT2D eigenvalue weighted by molar-refractivity contribution is 0.150. The van der Waals surface area contributed by atoms with Gasteiger partial charge in [0, 0.05) is 38.9 Å². The Bertz CT molecular complexity index is 836. The molecule has 1 aliphatic carbocycles. The first-order valence-electron chi connectivity index (χ1n) is 9.21. The van der Waals surface area contributed by atoms with Crippen LogP contribution in [0.5, 0.6) is 0 Å². The van der Waals surface area contributed by atoms with Crippen LogP contribution < -0.4 is 5.32 Å². The molecular formula is C21H25BrN2O. The molecule has 4 rings (SSSR count). The van der Waals surface area contributed by atoms with Gasteiger partial charge in [0.15, 0.2) is 0 Å². The smallest absolute Gasteiger partial charge is 0.0843 e. The second kappa shape index (κ2) is 7.10. The molecule has 2 N–H and O–H groups in total. The fourth-order valence-electron chi connectivity index (χ4n) is 4.09. The summed E-state index contributed by atoms with van der Waals surface area (Å²) in [5.74, 6) is 0. The van der Waals surface area contributed by atoms with Crippen molar-refractivity contribution < 1.29 is 5.11 Å². The minimum absolute atomic E-state index is 0.385. The van der Waals surface area contributed by atoms with Crippen molar-refractivity contribution in [2.24, 2.45) is 0 Å². The first-order chi connectivity index (χ1) is 12.1. The van der Waals surface area contributed by atoms with E-state index in [9.17, 15) is 5.11 Å². The molecule has 1 aliphatic rings. The van der Waals surface area contributed by atoms with Gasteiger partial charge in [0.1, 0.15) is 0 Å². The average molecular weight is 401 g/mol. The zero-order valence-corrected chi connectivity index (χ0v) is 16.2. The van der Waals surface area contributed by atoms with E-state index in [2.05, 4.69) is 69.1 Å². The van der Waals surface area contributed by atoms with Crippen LogP contribution in [-0.2, 0) is 6.54 Å². The Hall–Kier alpha value is -1.36. The molecule has 1 saturated carbocycles. The van der Waals surface area contributed by atoms with E-state index in [0.29, 0.717) is 19.1 Å². The fraction of sp³-hybridized carbons (Fsp3) is 0.429. The third kappa shape index (κ3) is 3.48. The zero-order chi connectivity index (χ0) is 17.4. The van der Waals surface area contributed by atoms with Crippen molar-refractivity contribution in [3.8, 4) is 0 Å². The molecule has 2 aromatic carbocycles. The normalized spacial score (nSPS) is 16.9. The minimum atomic E-state index is -0.385. The summed E-state index contributed by atoms with van der Waals surface area (Å²) in [7, 11) is 0. The highest BCUT2D eigenvalue weighted by molar-refractivity contribution is 9.10. The average Bonchev–Trinajstić information content (AvgIpc) is 3.20. The van der Waals surface area contributed by atoms with E-state index in [1.54, 1.807) is 0 Å². The number of aliphatic hydroxyl groups excluding tert-OH is 1. The molecule has 1 unspecified atom stereocenters. The summed E-state index contributed by atoms with van der Waals surface area (Å²) in [6.45, 7) is 3.40. The fourth-order valence-corrected chi connectivity index (χ4v) is 4.46. The molecule has 0 saturated heterocycles. The van der Waals surface area contributed by atoms with Gasteiger partial charge in [0.05, 0.1) is 12.6 Å². The first kappa shape index (κ1) is 17.1. The molecule has 3 nitrogen and oxygen atoms in total. The van der Waals surface area contributed by atoms with E-state index < -0.39 is 0 Å². The molecule has 1 heterocycles. The summed E-state index contributed by atoms with van der Waals surface area (Å²) in [5, 5.41) is 16.7. The summed E-state index contributed by atoms with van der Waals surface area (Å²) in [4.78, 5) is 0. The second-order valence-electron chi connectivity index (χ2n) is 7.34. The predicted octanol–water partition coefficient (Wildman–Crippen LogP) is 4.76. The Kier molecular flexibility index (Phi) is 4.85. The summed E-state index contributed by atoms with van der Waals surface area (Å²) < 4.78 is 3.35. The Morgan fingerprint density at radius 2 is 1.80 bits per heavy atom. The monoisotopic (exact) mass is 400 g/mol. The largest absolute Gasteiger partial charge is 0.390 e. The predicted molar refractivity (Wildman–Crippen MR) is 108 cm³/mol. The molecule has 0 radical (unpaired) electrons. The molecular weight excluding hydrogens is 376 g/mol. The van der Waals surface area contributed by atoms with Crippen LogP contribution in [0.4, 0.5) is 0 Å². The number of fused-ring (bicyclic) bond motifs is 3. The van der Waals surface area contributed by atoms with E-state index in [1.807, 2.05) is 0 Å². The first-order valence-corrected chi connectivity index (χ1v) is 10.0. The maximum Gasteiger partial charge on any atom is 0.0843 e. The highest BCUT2D eigenvalue weighted by Gasteiger charge is 2.17. The van der Waals surface area contributed by atoms with Crippen LogP contribution in [-0.4, -0.2) is 28.4 Å². The molecule has 0 aliphatic heterocycles. The van der Waals surface area contributed by atoms with Gasteiger partial charge in [0.25, 0.3) is 0 Å². The van der Waals surface area contributed by atoms with E-state index in [-0.39, 0.29) is 6.10 Å². The van der Waals surface area contributed by atoms with Gasteiger partial charge in [0.2, 0.25) is 0 Å². The Morgan fingerprint density at radius 3 is 2.56 bits per heavy atom. The Balaban J connectivity index is 1.65. The number of benzene rings is 2. The molecule has 1 fully saturated rings. The van der Waals surface area contributed by atoms with Gasteiger partial charge in [-0.1, -0.05) is 40.4 Å².